The summed E-state index contributed by atoms with van der Waals surface area (Å²) in [5.74, 6) is -2.36. The Kier molecular flexibility index (Phi) is 15.7. The highest BCUT2D eigenvalue weighted by atomic mass is 16.6. The third-order valence-corrected chi connectivity index (χ3v) is 5.38. The van der Waals surface area contributed by atoms with Crippen molar-refractivity contribution in [3.05, 3.63) is 0 Å². The van der Waals surface area contributed by atoms with Crippen molar-refractivity contribution in [2.45, 2.75) is 129 Å². The maximum absolute atomic E-state index is 11.8. The molecule has 0 aliphatic carbocycles. The molecule has 0 saturated carbocycles. The van der Waals surface area contributed by atoms with Gasteiger partial charge >= 0.3 is 11.9 Å². The van der Waals surface area contributed by atoms with Crippen LogP contribution >= 0.6 is 0 Å². The average molecular weight is 429 g/mol. The highest BCUT2D eigenvalue weighted by molar-refractivity contribution is 6.10. The van der Waals surface area contributed by atoms with Crippen LogP contribution in [0.25, 0.3) is 0 Å². The molecule has 0 bridgehead atoms. The molecule has 6 nitrogen and oxygen atoms in total. The second-order valence-electron chi connectivity index (χ2n) is 9.05. The van der Waals surface area contributed by atoms with E-state index < -0.39 is 29.4 Å². The lowest BCUT2D eigenvalue weighted by Crippen LogP contribution is -2.49. The first kappa shape index (κ1) is 28.7. The molecule has 0 radical (unpaired) electrons. The van der Waals surface area contributed by atoms with E-state index in [0.717, 1.165) is 39.0 Å². The first-order valence-corrected chi connectivity index (χ1v) is 11.8. The SMILES string of the molecule is CC(C)CCCCCCCCCCCCCCC(=O)OC(=O)C(C)(O)C(=O)C(C)O. The summed E-state index contributed by atoms with van der Waals surface area (Å²) in [5.41, 5.74) is -2.52. The fourth-order valence-electron chi connectivity index (χ4n) is 3.35. The fourth-order valence-corrected chi connectivity index (χ4v) is 3.35. The third-order valence-electron chi connectivity index (χ3n) is 5.38. The highest BCUT2D eigenvalue weighted by Gasteiger charge is 2.43. The normalized spacial score (nSPS) is 14.4. The first-order chi connectivity index (χ1) is 14.1. The molecule has 0 aromatic heterocycles. The van der Waals surface area contributed by atoms with Gasteiger partial charge in [0.25, 0.3) is 0 Å². The summed E-state index contributed by atoms with van der Waals surface area (Å²) in [7, 11) is 0. The monoisotopic (exact) mass is 428 g/mol. The molecule has 6 heteroatoms. The average Bonchev–Trinajstić information content (AvgIpc) is 2.67. The van der Waals surface area contributed by atoms with Gasteiger partial charge in [-0.25, -0.2) is 4.79 Å². The molecule has 0 amide bonds. The van der Waals surface area contributed by atoms with Crippen molar-refractivity contribution >= 4 is 17.7 Å². The topological polar surface area (TPSA) is 101 Å². The zero-order valence-corrected chi connectivity index (χ0v) is 19.6. The first-order valence-electron chi connectivity index (χ1n) is 11.8. The van der Waals surface area contributed by atoms with Crippen molar-refractivity contribution in [1.82, 2.24) is 0 Å². The summed E-state index contributed by atoms with van der Waals surface area (Å²) in [5, 5.41) is 19.0. The number of hydrogen-bond donors (Lipinski definition) is 2. The number of Topliss-reactive ketones (excluding diaryl/α,β-unsaturated/α-hetero) is 1. The van der Waals surface area contributed by atoms with Crippen LogP contribution in [0.5, 0.6) is 0 Å². The van der Waals surface area contributed by atoms with E-state index >= 15 is 0 Å². The van der Waals surface area contributed by atoms with E-state index in [1.54, 1.807) is 0 Å². The molecule has 176 valence electrons. The molecular formula is C24H44O6. The molecule has 2 N–H and O–H groups in total. The number of rotatable bonds is 18. The van der Waals surface area contributed by atoms with Gasteiger partial charge in [-0.05, 0) is 26.2 Å². The van der Waals surface area contributed by atoms with E-state index in [9.17, 15) is 24.6 Å². The lowest BCUT2D eigenvalue weighted by molar-refractivity contribution is -0.177. The second kappa shape index (κ2) is 16.4. The van der Waals surface area contributed by atoms with Crippen molar-refractivity contribution in [3.8, 4) is 0 Å². The largest absolute Gasteiger partial charge is 0.391 e. The fraction of sp³-hybridized carbons (Fsp3) is 0.875. The summed E-state index contributed by atoms with van der Waals surface area (Å²) in [6.45, 7) is 6.62. The van der Waals surface area contributed by atoms with Gasteiger partial charge in [-0.2, -0.15) is 0 Å². The van der Waals surface area contributed by atoms with Crippen LogP contribution in [0.15, 0.2) is 0 Å². The molecule has 0 heterocycles. The molecule has 2 unspecified atom stereocenters. The maximum atomic E-state index is 11.8. The number of carbonyl (C=O) groups is 3. The quantitative estimate of drug-likeness (QED) is 0.183. The van der Waals surface area contributed by atoms with Gasteiger partial charge in [-0.15, -0.1) is 0 Å². The van der Waals surface area contributed by atoms with Crippen LogP contribution in [-0.2, 0) is 19.1 Å². The van der Waals surface area contributed by atoms with E-state index in [1.165, 1.54) is 57.8 Å². The van der Waals surface area contributed by atoms with Crippen molar-refractivity contribution in [2.24, 2.45) is 5.92 Å². The van der Waals surface area contributed by atoms with Crippen LogP contribution in [0.2, 0.25) is 0 Å². The van der Waals surface area contributed by atoms with Gasteiger partial charge < -0.3 is 14.9 Å². The number of hydrogen-bond acceptors (Lipinski definition) is 6. The van der Waals surface area contributed by atoms with Crippen LogP contribution in [-0.4, -0.2) is 39.6 Å². The molecule has 0 fully saturated rings. The Hall–Kier alpha value is -1.27. The molecule has 0 aliphatic heterocycles. The Labute approximate surface area is 182 Å². The van der Waals surface area contributed by atoms with E-state index in [2.05, 4.69) is 18.6 Å². The smallest absolute Gasteiger partial charge is 0.353 e. The van der Waals surface area contributed by atoms with Gasteiger partial charge in [-0.3, -0.25) is 9.59 Å². The van der Waals surface area contributed by atoms with E-state index in [4.69, 9.17) is 0 Å². The predicted molar refractivity (Wildman–Crippen MR) is 118 cm³/mol. The molecular weight excluding hydrogens is 384 g/mol. The van der Waals surface area contributed by atoms with Crippen LogP contribution in [0.3, 0.4) is 0 Å². The van der Waals surface area contributed by atoms with Gasteiger partial charge in [0.05, 0.1) is 0 Å². The Morgan fingerprint density at radius 3 is 1.57 bits per heavy atom. The summed E-state index contributed by atoms with van der Waals surface area (Å²) in [6, 6.07) is 0. The van der Waals surface area contributed by atoms with Crippen LogP contribution < -0.4 is 0 Å². The summed E-state index contributed by atoms with van der Waals surface area (Å²) in [6.07, 6.45) is 14.1. The number of ketones is 1. The number of aliphatic hydroxyl groups is 2. The number of ether oxygens (including phenoxy) is 1. The number of carbonyl (C=O) groups excluding carboxylic acids is 3. The predicted octanol–water partition coefficient (Wildman–Crippen LogP) is 4.87. The molecule has 0 aromatic carbocycles. The summed E-state index contributed by atoms with van der Waals surface area (Å²) >= 11 is 0. The van der Waals surface area contributed by atoms with Gasteiger partial charge in [0.2, 0.25) is 11.4 Å². The number of aliphatic hydroxyl groups excluding tert-OH is 1. The summed E-state index contributed by atoms with van der Waals surface area (Å²) in [4.78, 5) is 35.0. The van der Waals surface area contributed by atoms with E-state index in [0.29, 0.717) is 6.42 Å². The molecule has 0 aliphatic rings. The lowest BCUT2D eigenvalue weighted by Gasteiger charge is -2.20. The van der Waals surface area contributed by atoms with Gasteiger partial charge in [0, 0.05) is 6.42 Å². The van der Waals surface area contributed by atoms with Crippen LogP contribution in [0.4, 0.5) is 0 Å². The van der Waals surface area contributed by atoms with E-state index in [1.807, 2.05) is 0 Å². The Morgan fingerprint density at radius 2 is 1.17 bits per heavy atom. The molecule has 0 aromatic rings. The second-order valence-corrected chi connectivity index (χ2v) is 9.05. The molecule has 0 rings (SSSR count). The highest BCUT2D eigenvalue weighted by Crippen LogP contribution is 2.15. The molecule has 2 atom stereocenters. The maximum Gasteiger partial charge on any atom is 0.353 e. The molecule has 0 spiro atoms. The Bertz CT molecular complexity index is 496. The standard InChI is InChI=1S/C24H44O6/c1-19(2)17-15-13-11-9-7-5-6-8-10-12-14-16-18-21(26)30-23(28)24(4,29)22(27)20(3)25/h19-20,25,29H,5-18H2,1-4H3. The lowest BCUT2D eigenvalue weighted by atomic mass is 9.97. The minimum absolute atomic E-state index is 0.0709. The van der Waals surface area contributed by atoms with Gasteiger partial charge in [0.15, 0.2) is 0 Å². The van der Waals surface area contributed by atoms with Crippen molar-refractivity contribution in [1.29, 1.82) is 0 Å². The van der Waals surface area contributed by atoms with E-state index in [-0.39, 0.29) is 6.42 Å². The van der Waals surface area contributed by atoms with Gasteiger partial charge in [-0.1, -0.05) is 90.9 Å². The zero-order valence-electron chi connectivity index (χ0n) is 19.6. The van der Waals surface area contributed by atoms with Crippen molar-refractivity contribution < 1.29 is 29.3 Å². The van der Waals surface area contributed by atoms with Crippen molar-refractivity contribution in [2.75, 3.05) is 0 Å². The van der Waals surface area contributed by atoms with Crippen LogP contribution in [0.1, 0.15) is 118 Å². The van der Waals surface area contributed by atoms with Crippen molar-refractivity contribution in [3.63, 3.8) is 0 Å². The Balaban J connectivity index is 3.59. The van der Waals surface area contributed by atoms with Gasteiger partial charge in [0.1, 0.15) is 6.10 Å². The number of unbranched alkanes of at least 4 members (excludes halogenated alkanes) is 11. The Morgan fingerprint density at radius 1 is 0.767 bits per heavy atom. The number of esters is 2. The minimum atomic E-state index is -2.52. The van der Waals surface area contributed by atoms with Crippen LogP contribution in [0, 0.1) is 5.92 Å². The molecule has 30 heavy (non-hydrogen) atoms. The zero-order chi connectivity index (χ0) is 23.0. The third kappa shape index (κ3) is 13.9. The minimum Gasteiger partial charge on any atom is -0.391 e. The summed E-state index contributed by atoms with van der Waals surface area (Å²) < 4.78 is 4.55. The molecule has 0 saturated heterocycles.